The molecule has 0 radical (unpaired) electrons. The van der Waals surface area contributed by atoms with Crippen LogP contribution in [-0.2, 0) is 9.59 Å². The van der Waals surface area contributed by atoms with Gasteiger partial charge in [-0.1, -0.05) is 12.1 Å². The van der Waals surface area contributed by atoms with Gasteiger partial charge in [0.2, 0.25) is 11.8 Å². The standard InChI is InChI=1S/C21H31N3O3/c1-13-4-5-14(2)18(12-13)23-20(26)15(3)24-10-8-16(9-11-24)19(25)21(27)22-17-6-7-17/h4-5,12,15-17,19,25H,6-11H2,1-3H3,(H,22,27)(H,23,26). The number of anilines is 1. The first-order valence-electron chi connectivity index (χ1n) is 9.95. The molecule has 3 rings (SSSR count). The third kappa shape index (κ3) is 5.08. The van der Waals surface area contributed by atoms with Crippen molar-refractivity contribution in [3.05, 3.63) is 29.3 Å². The fourth-order valence-electron chi connectivity index (χ4n) is 3.62. The van der Waals surface area contributed by atoms with Gasteiger partial charge in [0.1, 0.15) is 6.10 Å². The van der Waals surface area contributed by atoms with Gasteiger partial charge >= 0.3 is 0 Å². The molecule has 2 fully saturated rings. The number of benzene rings is 1. The monoisotopic (exact) mass is 373 g/mol. The average molecular weight is 373 g/mol. The number of aryl methyl sites for hydroxylation is 2. The zero-order chi connectivity index (χ0) is 19.6. The average Bonchev–Trinajstić information content (AvgIpc) is 3.47. The van der Waals surface area contributed by atoms with Crippen molar-refractivity contribution >= 4 is 17.5 Å². The smallest absolute Gasteiger partial charge is 0.249 e. The quantitative estimate of drug-likeness (QED) is 0.712. The number of amides is 2. The molecule has 0 bridgehead atoms. The van der Waals surface area contributed by atoms with Crippen molar-refractivity contribution < 1.29 is 14.7 Å². The van der Waals surface area contributed by atoms with E-state index in [4.69, 9.17) is 0 Å². The number of aliphatic hydroxyl groups excluding tert-OH is 1. The Bertz CT molecular complexity index is 694. The molecule has 1 aromatic rings. The largest absolute Gasteiger partial charge is 0.383 e. The van der Waals surface area contributed by atoms with E-state index in [0.717, 1.165) is 42.5 Å². The van der Waals surface area contributed by atoms with Crippen molar-refractivity contribution in [3.8, 4) is 0 Å². The number of carbonyl (C=O) groups is 2. The maximum atomic E-state index is 12.7. The second kappa shape index (κ2) is 8.40. The molecule has 1 heterocycles. The minimum Gasteiger partial charge on any atom is -0.383 e. The number of hydrogen-bond acceptors (Lipinski definition) is 4. The SMILES string of the molecule is Cc1ccc(C)c(NC(=O)C(C)N2CCC(C(O)C(=O)NC3CC3)CC2)c1. The third-order valence-electron chi connectivity index (χ3n) is 5.79. The Morgan fingerprint density at radius 3 is 2.41 bits per heavy atom. The van der Waals surface area contributed by atoms with E-state index < -0.39 is 6.10 Å². The van der Waals surface area contributed by atoms with Crippen molar-refractivity contribution in [3.63, 3.8) is 0 Å². The molecular formula is C21H31N3O3. The Hall–Kier alpha value is -1.92. The summed E-state index contributed by atoms with van der Waals surface area (Å²) in [5.74, 6) is -0.292. The Morgan fingerprint density at radius 2 is 1.78 bits per heavy atom. The number of nitrogens with one attached hydrogen (secondary N) is 2. The van der Waals surface area contributed by atoms with Crippen molar-refractivity contribution in [1.82, 2.24) is 10.2 Å². The molecule has 1 aromatic carbocycles. The lowest BCUT2D eigenvalue weighted by Gasteiger charge is -2.36. The number of likely N-dealkylation sites (tertiary alicyclic amines) is 1. The van der Waals surface area contributed by atoms with Crippen LogP contribution in [0.15, 0.2) is 18.2 Å². The molecule has 3 N–H and O–H groups in total. The highest BCUT2D eigenvalue weighted by molar-refractivity contribution is 5.95. The predicted octanol–water partition coefficient (Wildman–Crippen LogP) is 1.98. The van der Waals surface area contributed by atoms with E-state index >= 15 is 0 Å². The van der Waals surface area contributed by atoms with Crippen LogP contribution in [0.2, 0.25) is 0 Å². The van der Waals surface area contributed by atoms with Crippen molar-refractivity contribution in [2.45, 2.75) is 64.6 Å². The van der Waals surface area contributed by atoms with Gasteiger partial charge in [-0.05, 0) is 82.7 Å². The number of nitrogens with zero attached hydrogens (tertiary/aromatic N) is 1. The third-order valence-corrected chi connectivity index (χ3v) is 5.79. The van der Waals surface area contributed by atoms with Gasteiger partial charge in [0.15, 0.2) is 0 Å². The van der Waals surface area contributed by atoms with Gasteiger partial charge in [0.25, 0.3) is 0 Å². The van der Waals surface area contributed by atoms with E-state index in [0.29, 0.717) is 13.1 Å². The van der Waals surface area contributed by atoms with Crippen LogP contribution < -0.4 is 10.6 Å². The van der Waals surface area contributed by atoms with Crippen LogP contribution in [0, 0.1) is 19.8 Å². The fraction of sp³-hybridized carbons (Fsp3) is 0.619. The maximum Gasteiger partial charge on any atom is 0.249 e. The van der Waals surface area contributed by atoms with Crippen molar-refractivity contribution in [2.75, 3.05) is 18.4 Å². The van der Waals surface area contributed by atoms with Gasteiger partial charge in [-0.15, -0.1) is 0 Å². The van der Waals surface area contributed by atoms with Gasteiger partial charge in [-0.2, -0.15) is 0 Å². The molecule has 6 heteroatoms. The van der Waals surface area contributed by atoms with Gasteiger partial charge in [0, 0.05) is 11.7 Å². The lowest BCUT2D eigenvalue weighted by atomic mass is 9.90. The minimum atomic E-state index is -0.938. The zero-order valence-electron chi connectivity index (χ0n) is 16.5. The molecule has 1 saturated heterocycles. The highest BCUT2D eigenvalue weighted by atomic mass is 16.3. The summed E-state index contributed by atoms with van der Waals surface area (Å²) in [4.78, 5) is 26.8. The van der Waals surface area contributed by atoms with Crippen LogP contribution in [0.4, 0.5) is 5.69 Å². The van der Waals surface area contributed by atoms with Crippen LogP contribution in [-0.4, -0.2) is 53.1 Å². The number of hydrogen-bond donors (Lipinski definition) is 3. The second-order valence-electron chi connectivity index (χ2n) is 8.08. The Kier molecular flexibility index (Phi) is 6.17. The number of aliphatic hydroxyl groups is 1. The van der Waals surface area contributed by atoms with Crippen LogP contribution in [0.25, 0.3) is 0 Å². The highest BCUT2D eigenvalue weighted by Crippen LogP contribution is 2.25. The maximum absolute atomic E-state index is 12.7. The lowest BCUT2D eigenvalue weighted by Crippen LogP contribution is -2.49. The molecule has 2 atom stereocenters. The van der Waals surface area contributed by atoms with E-state index in [1.54, 1.807) is 0 Å². The molecule has 0 spiro atoms. The summed E-state index contributed by atoms with van der Waals surface area (Å²) in [7, 11) is 0. The summed E-state index contributed by atoms with van der Waals surface area (Å²) < 4.78 is 0. The molecule has 27 heavy (non-hydrogen) atoms. The predicted molar refractivity (Wildman–Crippen MR) is 105 cm³/mol. The summed E-state index contributed by atoms with van der Waals surface area (Å²) >= 11 is 0. The molecule has 1 aliphatic carbocycles. The molecule has 0 aromatic heterocycles. The van der Waals surface area contributed by atoms with Crippen LogP contribution in [0.5, 0.6) is 0 Å². The molecule has 1 aliphatic heterocycles. The van der Waals surface area contributed by atoms with E-state index in [9.17, 15) is 14.7 Å². The molecule has 148 valence electrons. The lowest BCUT2D eigenvalue weighted by molar-refractivity contribution is -0.134. The molecule has 2 aliphatic rings. The van der Waals surface area contributed by atoms with Crippen LogP contribution in [0.3, 0.4) is 0 Å². The number of carbonyl (C=O) groups excluding carboxylic acids is 2. The van der Waals surface area contributed by atoms with Gasteiger partial charge in [-0.3, -0.25) is 14.5 Å². The van der Waals surface area contributed by atoms with Gasteiger partial charge in [-0.25, -0.2) is 0 Å². The Balaban J connectivity index is 1.50. The summed E-state index contributed by atoms with van der Waals surface area (Å²) in [6, 6.07) is 6.05. The topological polar surface area (TPSA) is 81.7 Å². The van der Waals surface area contributed by atoms with E-state index in [1.165, 1.54) is 0 Å². The first kappa shape index (κ1) is 19.8. The highest BCUT2D eigenvalue weighted by Gasteiger charge is 2.34. The van der Waals surface area contributed by atoms with Crippen molar-refractivity contribution in [1.29, 1.82) is 0 Å². The minimum absolute atomic E-state index is 0.0193. The Labute approximate surface area is 161 Å². The number of piperidine rings is 1. The molecule has 6 nitrogen and oxygen atoms in total. The summed E-state index contributed by atoms with van der Waals surface area (Å²) in [6.07, 6.45) is 2.54. The van der Waals surface area contributed by atoms with Gasteiger partial charge in [0.05, 0.1) is 6.04 Å². The van der Waals surface area contributed by atoms with Gasteiger partial charge < -0.3 is 15.7 Å². The van der Waals surface area contributed by atoms with Crippen LogP contribution >= 0.6 is 0 Å². The summed E-state index contributed by atoms with van der Waals surface area (Å²) in [5.41, 5.74) is 3.02. The normalized spacial score (nSPS) is 20.7. The Morgan fingerprint density at radius 1 is 1.11 bits per heavy atom. The van der Waals surface area contributed by atoms with E-state index in [-0.39, 0.29) is 29.8 Å². The first-order chi connectivity index (χ1) is 12.8. The molecule has 1 saturated carbocycles. The first-order valence-corrected chi connectivity index (χ1v) is 9.95. The van der Waals surface area contributed by atoms with Crippen molar-refractivity contribution in [2.24, 2.45) is 5.92 Å². The van der Waals surface area contributed by atoms with E-state index in [1.807, 2.05) is 39.0 Å². The molecular weight excluding hydrogens is 342 g/mol. The zero-order valence-corrected chi connectivity index (χ0v) is 16.5. The molecule has 2 amide bonds. The summed E-state index contributed by atoms with van der Waals surface area (Å²) in [5, 5.41) is 16.2. The van der Waals surface area contributed by atoms with E-state index in [2.05, 4.69) is 15.5 Å². The van der Waals surface area contributed by atoms with Crippen LogP contribution in [0.1, 0.15) is 43.7 Å². The molecule has 2 unspecified atom stereocenters. The fourth-order valence-corrected chi connectivity index (χ4v) is 3.62. The second-order valence-corrected chi connectivity index (χ2v) is 8.08. The summed E-state index contributed by atoms with van der Waals surface area (Å²) in [6.45, 7) is 7.32. The number of rotatable bonds is 6.